The lowest BCUT2D eigenvalue weighted by molar-refractivity contribution is 0.103. The SMILES string of the molecule is CCN(CC)c1ccc2c(c1)Oc1ccc(Nc3ccc(C(=O)c4ccccc4)cc3)cc1C2c1ccccc1CO. The van der Waals surface area contributed by atoms with Crippen LogP contribution in [0, 0.1) is 0 Å². The number of ketones is 1. The third kappa shape index (κ3) is 5.27. The zero-order chi connectivity index (χ0) is 29.1. The van der Waals surface area contributed by atoms with Crippen molar-refractivity contribution in [3.8, 4) is 11.5 Å². The highest BCUT2D eigenvalue weighted by atomic mass is 16.5. The average molecular weight is 555 g/mol. The fourth-order valence-corrected chi connectivity index (χ4v) is 5.79. The molecule has 0 aromatic heterocycles. The van der Waals surface area contributed by atoms with Gasteiger partial charge in [0.2, 0.25) is 0 Å². The Morgan fingerprint density at radius 1 is 0.714 bits per heavy atom. The Kier molecular flexibility index (Phi) is 7.76. The number of hydrogen-bond donors (Lipinski definition) is 2. The highest BCUT2D eigenvalue weighted by molar-refractivity contribution is 6.09. The predicted molar refractivity (Wildman–Crippen MR) is 169 cm³/mol. The molecule has 2 N–H and O–H groups in total. The van der Waals surface area contributed by atoms with Crippen molar-refractivity contribution in [1.29, 1.82) is 0 Å². The van der Waals surface area contributed by atoms with Crippen LogP contribution in [0.5, 0.6) is 11.5 Å². The Morgan fingerprint density at radius 2 is 1.40 bits per heavy atom. The lowest BCUT2D eigenvalue weighted by atomic mass is 9.80. The second-order valence-corrected chi connectivity index (χ2v) is 10.4. The van der Waals surface area contributed by atoms with Crippen LogP contribution in [0.15, 0.2) is 115 Å². The Labute approximate surface area is 247 Å². The summed E-state index contributed by atoms with van der Waals surface area (Å²) in [5.41, 5.74) is 8.29. The van der Waals surface area contributed by atoms with Gasteiger partial charge in [0.1, 0.15) is 11.5 Å². The number of nitrogens with zero attached hydrogens (tertiary/aromatic N) is 1. The first-order chi connectivity index (χ1) is 20.6. The molecule has 0 fully saturated rings. The van der Waals surface area contributed by atoms with Crippen LogP contribution in [0.3, 0.4) is 0 Å². The first-order valence-electron chi connectivity index (χ1n) is 14.5. The molecule has 0 saturated heterocycles. The lowest BCUT2D eigenvalue weighted by Crippen LogP contribution is -2.22. The molecule has 0 aliphatic carbocycles. The van der Waals surface area contributed by atoms with E-state index in [1.807, 2.05) is 84.9 Å². The van der Waals surface area contributed by atoms with Crippen molar-refractivity contribution in [2.75, 3.05) is 23.3 Å². The van der Waals surface area contributed by atoms with Crippen LogP contribution in [0.2, 0.25) is 0 Å². The molecule has 5 heteroatoms. The maximum Gasteiger partial charge on any atom is 0.193 e. The summed E-state index contributed by atoms with van der Waals surface area (Å²) in [6.07, 6.45) is 0. The van der Waals surface area contributed by atoms with Gasteiger partial charge >= 0.3 is 0 Å². The van der Waals surface area contributed by atoms with Crippen molar-refractivity contribution < 1.29 is 14.6 Å². The standard InChI is InChI=1S/C37H34N2O3/c1-3-39(4-2)30-19-20-32-35(23-30)42-34-21-18-29(22-33(34)36(32)31-13-9-8-12-27(31)24-40)38-28-16-14-26(15-17-28)37(41)25-10-6-5-7-11-25/h5-23,36,38,40H,3-4,24H2,1-2H3. The average Bonchev–Trinajstić information content (AvgIpc) is 3.04. The monoisotopic (exact) mass is 554 g/mol. The van der Waals surface area contributed by atoms with Crippen LogP contribution in [0.25, 0.3) is 0 Å². The van der Waals surface area contributed by atoms with Crippen molar-refractivity contribution in [1.82, 2.24) is 0 Å². The normalized spacial score (nSPS) is 13.5. The summed E-state index contributed by atoms with van der Waals surface area (Å²) in [7, 11) is 0. The fraction of sp³-hybridized carbons (Fsp3) is 0.162. The number of aliphatic hydroxyl groups is 1. The molecule has 0 bridgehead atoms. The van der Waals surface area contributed by atoms with Crippen molar-refractivity contribution in [3.63, 3.8) is 0 Å². The Morgan fingerprint density at radius 3 is 2.14 bits per heavy atom. The highest BCUT2D eigenvalue weighted by Gasteiger charge is 2.31. The minimum absolute atomic E-state index is 0.00119. The zero-order valence-electron chi connectivity index (χ0n) is 23.9. The predicted octanol–water partition coefficient (Wildman–Crippen LogP) is 8.29. The first kappa shape index (κ1) is 27.3. The van der Waals surface area contributed by atoms with Crippen molar-refractivity contribution >= 4 is 22.8 Å². The number of fused-ring (bicyclic) bond motifs is 2. The number of benzene rings is 5. The van der Waals surface area contributed by atoms with Gasteiger partial charge in [0.15, 0.2) is 5.78 Å². The third-order valence-corrected chi connectivity index (χ3v) is 7.99. The van der Waals surface area contributed by atoms with E-state index in [0.717, 1.165) is 63.9 Å². The molecule has 0 amide bonds. The van der Waals surface area contributed by atoms with Gasteiger partial charge in [-0.2, -0.15) is 0 Å². The molecule has 5 aromatic carbocycles. The van der Waals surface area contributed by atoms with E-state index in [1.165, 1.54) is 0 Å². The molecular formula is C37H34N2O3. The molecule has 1 unspecified atom stereocenters. The molecule has 0 radical (unpaired) electrons. The summed E-state index contributed by atoms with van der Waals surface area (Å²) in [4.78, 5) is 15.1. The van der Waals surface area contributed by atoms with Crippen LogP contribution in [-0.4, -0.2) is 24.0 Å². The van der Waals surface area contributed by atoms with Gasteiger partial charge in [-0.3, -0.25) is 4.79 Å². The van der Waals surface area contributed by atoms with E-state index < -0.39 is 0 Å². The molecule has 5 nitrogen and oxygen atoms in total. The topological polar surface area (TPSA) is 61.8 Å². The summed E-state index contributed by atoms with van der Waals surface area (Å²) in [5, 5.41) is 13.7. The molecule has 1 heterocycles. The van der Waals surface area contributed by atoms with E-state index >= 15 is 0 Å². The molecule has 0 spiro atoms. The number of aliphatic hydroxyl groups excluding tert-OH is 1. The molecule has 42 heavy (non-hydrogen) atoms. The number of nitrogens with one attached hydrogen (secondary N) is 1. The van der Waals surface area contributed by atoms with Gasteiger partial charge in [0, 0.05) is 64.4 Å². The maximum atomic E-state index is 12.8. The van der Waals surface area contributed by atoms with E-state index in [0.29, 0.717) is 11.1 Å². The molecule has 1 aliphatic heterocycles. The van der Waals surface area contributed by atoms with E-state index in [1.54, 1.807) is 0 Å². The second-order valence-electron chi connectivity index (χ2n) is 10.4. The van der Waals surface area contributed by atoms with Crippen LogP contribution in [0.4, 0.5) is 17.1 Å². The second kappa shape index (κ2) is 11.9. The van der Waals surface area contributed by atoms with E-state index in [2.05, 4.69) is 54.4 Å². The van der Waals surface area contributed by atoms with Crippen LogP contribution < -0.4 is 15.0 Å². The number of rotatable bonds is 9. The summed E-state index contributed by atoms with van der Waals surface area (Å²) in [6, 6.07) is 37.5. The Balaban J connectivity index is 1.35. The molecule has 1 aliphatic rings. The Hall–Kier alpha value is -4.87. The number of carbonyl (C=O) groups is 1. The minimum atomic E-state index is -0.106. The quantitative estimate of drug-likeness (QED) is 0.176. The number of carbonyl (C=O) groups excluding carboxylic acids is 1. The number of ether oxygens (including phenoxy) is 1. The van der Waals surface area contributed by atoms with Gasteiger partial charge < -0.3 is 20.1 Å². The smallest absolute Gasteiger partial charge is 0.193 e. The number of anilines is 3. The molecule has 210 valence electrons. The van der Waals surface area contributed by atoms with Crippen LogP contribution >= 0.6 is 0 Å². The maximum absolute atomic E-state index is 12.8. The molecule has 1 atom stereocenters. The van der Waals surface area contributed by atoms with Gasteiger partial charge in [0.25, 0.3) is 0 Å². The number of hydrogen-bond acceptors (Lipinski definition) is 5. The molecular weight excluding hydrogens is 520 g/mol. The third-order valence-electron chi connectivity index (χ3n) is 7.99. The summed E-state index contributed by atoms with van der Waals surface area (Å²) >= 11 is 0. The highest BCUT2D eigenvalue weighted by Crippen LogP contribution is 2.50. The molecule has 5 aromatic rings. The van der Waals surface area contributed by atoms with Gasteiger partial charge in [-0.15, -0.1) is 0 Å². The molecule has 0 saturated carbocycles. The van der Waals surface area contributed by atoms with Crippen molar-refractivity contribution in [3.05, 3.63) is 149 Å². The largest absolute Gasteiger partial charge is 0.457 e. The summed E-state index contributed by atoms with van der Waals surface area (Å²) in [5.74, 6) is 1.53. The van der Waals surface area contributed by atoms with Crippen molar-refractivity contribution in [2.45, 2.75) is 26.4 Å². The van der Waals surface area contributed by atoms with E-state index in [9.17, 15) is 9.90 Å². The zero-order valence-corrected chi connectivity index (χ0v) is 23.9. The van der Waals surface area contributed by atoms with Crippen LogP contribution in [-0.2, 0) is 6.61 Å². The first-order valence-corrected chi connectivity index (χ1v) is 14.5. The molecule has 6 rings (SSSR count). The van der Waals surface area contributed by atoms with Gasteiger partial charge in [-0.05, 0) is 73.5 Å². The van der Waals surface area contributed by atoms with E-state index in [4.69, 9.17) is 4.74 Å². The van der Waals surface area contributed by atoms with Crippen LogP contribution in [0.1, 0.15) is 57.9 Å². The Bertz CT molecular complexity index is 1710. The summed E-state index contributed by atoms with van der Waals surface area (Å²) in [6.45, 7) is 6.10. The van der Waals surface area contributed by atoms with Gasteiger partial charge in [0.05, 0.1) is 6.61 Å². The van der Waals surface area contributed by atoms with Gasteiger partial charge in [-0.25, -0.2) is 0 Å². The fourth-order valence-electron chi connectivity index (χ4n) is 5.79. The minimum Gasteiger partial charge on any atom is -0.457 e. The van der Waals surface area contributed by atoms with E-state index in [-0.39, 0.29) is 18.3 Å². The summed E-state index contributed by atoms with van der Waals surface area (Å²) < 4.78 is 6.52. The van der Waals surface area contributed by atoms with Gasteiger partial charge in [-0.1, -0.05) is 60.7 Å². The van der Waals surface area contributed by atoms with Crippen molar-refractivity contribution in [2.24, 2.45) is 0 Å². The lowest BCUT2D eigenvalue weighted by Gasteiger charge is -2.32.